The number of hydrogen-bond acceptors (Lipinski definition) is 5. The summed E-state index contributed by atoms with van der Waals surface area (Å²) in [4.78, 5) is 0. The zero-order chi connectivity index (χ0) is 9.14. The Hall–Kier alpha value is -0.200. The van der Waals surface area contributed by atoms with Crippen molar-refractivity contribution in [3.63, 3.8) is 0 Å². The van der Waals surface area contributed by atoms with E-state index in [9.17, 15) is 5.11 Å². The number of methoxy groups -OCH3 is 2. The molecule has 5 nitrogen and oxygen atoms in total. The van der Waals surface area contributed by atoms with E-state index in [2.05, 4.69) is 0 Å². The lowest BCUT2D eigenvalue weighted by molar-refractivity contribution is -0.159. The molecule has 0 aromatic rings. The lowest BCUT2D eigenvalue weighted by Gasteiger charge is -2.16. The van der Waals surface area contributed by atoms with Crippen LogP contribution in [0.25, 0.3) is 0 Å². The molecule has 0 saturated carbocycles. The smallest absolute Gasteiger partial charge is 0.186 e. The summed E-state index contributed by atoms with van der Waals surface area (Å²) in [6.07, 6.45) is -2.56. The Morgan fingerprint density at radius 1 is 1.33 bits per heavy atom. The SMILES string of the molecule is COC1[C@@H](OC)O[C@H](CO)[C@H]1O. The Labute approximate surface area is 70.9 Å². The highest BCUT2D eigenvalue weighted by molar-refractivity contribution is 4.87. The predicted molar refractivity (Wildman–Crippen MR) is 39.6 cm³/mol. The van der Waals surface area contributed by atoms with E-state index in [-0.39, 0.29) is 6.61 Å². The van der Waals surface area contributed by atoms with Gasteiger partial charge in [0.15, 0.2) is 6.29 Å². The second kappa shape index (κ2) is 4.15. The lowest BCUT2D eigenvalue weighted by Crippen LogP contribution is -2.35. The molecule has 1 saturated heterocycles. The van der Waals surface area contributed by atoms with Crippen molar-refractivity contribution in [2.24, 2.45) is 0 Å². The number of aliphatic hydroxyl groups excluding tert-OH is 2. The molecule has 5 heteroatoms. The van der Waals surface area contributed by atoms with Crippen LogP contribution < -0.4 is 0 Å². The molecule has 0 aliphatic carbocycles. The molecule has 2 N–H and O–H groups in total. The molecule has 4 atom stereocenters. The quantitative estimate of drug-likeness (QED) is 0.563. The van der Waals surface area contributed by atoms with Crippen LogP contribution in [0.5, 0.6) is 0 Å². The van der Waals surface area contributed by atoms with Crippen LogP contribution in [0.3, 0.4) is 0 Å². The molecule has 1 fully saturated rings. The van der Waals surface area contributed by atoms with Crippen molar-refractivity contribution >= 4 is 0 Å². The molecular weight excluding hydrogens is 164 g/mol. The normalized spacial score (nSPS) is 42.0. The minimum Gasteiger partial charge on any atom is -0.394 e. The highest BCUT2D eigenvalue weighted by atomic mass is 16.7. The summed E-state index contributed by atoms with van der Waals surface area (Å²) in [5.74, 6) is 0. The second-order valence-electron chi connectivity index (χ2n) is 2.65. The summed E-state index contributed by atoms with van der Waals surface area (Å²) in [6, 6.07) is 0. The van der Waals surface area contributed by atoms with E-state index >= 15 is 0 Å². The van der Waals surface area contributed by atoms with Gasteiger partial charge in [0.25, 0.3) is 0 Å². The van der Waals surface area contributed by atoms with E-state index < -0.39 is 24.6 Å². The first kappa shape index (κ1) is 9.88. The summed E-state index contributed by atoms with van der Waals surface area (Å²) in [6.45, 7) is -0.235. The Bertz CT molecular complexity index is 138. The van der Waals surface area contributed by atoms with Gasteiger partial charge in [-0.3, -0.25) is 0 Å². The van der Waals surface area contributed by atoms with Gasteiger partial charge in [-0.25, -0.2) is 0 Å². The van der Waals surface area contributed by atoms with Crippen molar-refractivity contribution in [2.75, 3.05) is 20.8 Å². The average molecular weight is 178 g/mol. The maximum Gasteiger partial charge on any atom is 0.186 e. The fourth-order valence-electron chi connectivity index (χ4n) is 1.29. The van der Waals surface area contributed by atoms with Crippen LogP contribution in [-0.4, -0.2) is 55.6 Å². The van der Waals surface area contributed by atoms with Crippen LogP contribution in [0.4, 0.5) is 0 Å². The molecular formula is C7H14O5. The van der Waals surface area contributed by atoms with E-state index in [1.807, 2.05) is 0 Å². The predicted octanol–water partition coefficient (Wildman–Crippen LogP) is -1.27. The third kappa shape index (κ3) is 1.60. The third-order valence-electron chi connectivity index (χ3n) is 1.98. The zero-order valence-corrected chi connectivity index (χ0v) is 7.14. The first-order valence-electron chi connectivity index (χ1n) is 3.74. The van der Waals surface area contributed by atoms with Gasteiger partial charge in [0.05, 0.1) is 6.61 Å². The maximum atomic E-state index is 9.46. The van der Waals surface area contributed by atoms with Gasteiger partial charge < -0.3 is 24.4 Å². The molecule has 0 amide bonds. The van der Waals surface area contributed by atoms with Gasteiger partial charge in [-0.05, 0) is 0 Å². The molecule has 0 aromatic carbocycles. The first-order valence-corrected chi connectivity index (χ1v) is 3.74. The number of rotatable bonds is 3. The molecule has 1 unspecified atom stereocenters. The van der Waals surface area contributed by atoms with Crippen molar-refractivity contribution in [3.05, 3.63) is 0 Å². The van der Waals surface area contributed by atoms with Gasteiger partial charge in [0.2, 0.25) is 0 Å². The molecule has 1 aliphatic rings. The number of hydrogen-bond donors (Lipinski definition) is 2. The number of aliphatic hydroxyl groups is 2. The van der Waals surface area contributed by atoms with Gasteiger partial charge in [0.1, 0.15) is 18.3 Å². The van der Waals surface area contributed by atoms with Crippen LogP contribution in [0.2, 0.25) is 0 Å². The molecule has 72 valence electrons. The Balaban J connectivity index is 2.58. The van der Waals surface area contributed by atoms with Crippen LogP contribution in [0.15, 0.2) is 0 Å². The monoisotopic (exact) mass is 178 g/mol. The van der Waals surface area contributed by atoms with E-state index in [0.717, 1.165) is 0 Å². The van der Waals surface area contributed by atoms with Crippen molar-refractivity contribution < 1.29 is 24.4 Å². The van der Waals surface area contributed by atoms with E-state index in [0.29, 0.717) is 0 Å². The topological polar surface area (TPSA) is 68.2 Å². The van der Waals surface area contributed by atoms with Gasteiger partial charge in [0, 0.05) is 14.2 Å². The van der Waals surface area contributed by atoms with Gasteiger partial charge in [-0.15, -0.1) is 0 Å². The Morgan fingerprint density at radius 3 is 2.33 bits per heavy atom. The van der Waals surface area contributed by atoms with E-state index in [1.165, 1.54) is 14.2 Å². The van der Waals surface area contributed by atoms with Crippen molar-refractivity contribution in [2.45, 2.75) is 24.6 Å². The standard InChI is InChI=1S/C7H14O5/c1-10-6-5(9)4(3-8)12-7(6)11-2/h4-9H,3H2,1-2H3/t4-,5-,6?,7+/m1/s1. The van der Waals surface area contributed by atoms with Gasteiger partial charge in [-0.1, -0.05) is 0 Å². The summed E-state index contributed by atoms with van der Waals surface area (Å²) >= 11 is 0. The summed E-state index contributed by atoms with van der Waals surface area (Å²) in [5.41, 5.74) is 0. The fraction of sp³-hybridized carbons (Fsp3) is 1.00. The number of ether oxygens (including phenoxy) is 3. The average Bonchev–Trinajstić information content (AvgIpc) is 2.41. The Morgan fingerprint density at radius 2 is 2.00 bits per heavy atom. The highest BCUT2D eigenvalue weighted by Crippen LogP contribution is 2.23. The molecule has 1 aliphatic heterocycles. The molecule has 0 bridgehead atoms. The molecule has 12 heavy (non-hydrogen) atoms. The van der Waals surface area contributed by atoms with Crippen molar-refractivity contribution in [1.82, 2.24) is 0 Å². The van der Waals surface area contributed by atoms with E-state index in [4.69, 9.17) is 19.3 Å². The molecule has 1 rings (SSSR count). The van der Waals surface area contributed by atoms with Gasteiger partial charge >= 0.3 is 0 Å². The van der Waals surface area contributed by atoms with Crippen molar-refractivity contribution in [1.29, 1.82) is 0 Å². The van der Waals surface area contributed by atoms with Crippen LogP contribution in [0.1, 0.15) is 0 Å². The first-order chi connectivity index (χ1) is 5.74. The summed E-state index contributed by atoms with van der Waals surface area (Å²) in [7, 11) is 2.92. The second-order valence-corrected chi connectivity index (χ2v) is 2.65. The molecule has 0 radical (unpaired) electrons. The third-order valence-corrected chi connectivity index (χ3v) is 1.98. The molecule has 0 aromatic heterocycles. The van der Waals surface area contributed by atoms with Crippen molar-refractivity contribution in [3.8, 4) is 0 Å². The van der Waals surface area contributed by atoms with Crippen LogP contribution in [0, 0.1) is 0 Å². The Kier molecular flexibility index (Phi) is 3.42. The van der Waals surface area contributed by atoms with Crippen LogP contribution in [-0.2, 0) is 14.2 Å². The minimum atomic E-state index is -0.829. The molecule has 1 heterocycles. The summed E-state index contributed by atoms with van der Waals surface area (Å²) in [5, 5.41) is 18.2. The maximum absolute atomic E-state index is 9.46. The largest absolute Gasteiger partial charge is 0.394 e. The zero-order valence-electron chi connectivity index (χ0n) is 7.14. The van der Waals surface area contributed by atoms with Crippen LogP contribution >= 0.6 is 0 Å². The van der Waals surface area contributed by atoms with E-state index in [1.54, 1.807) is 0 Å². The minimum absolute atomic E-state index is 0.235. The molecule has 0 spiro atoms. The summed E-state index contributed by atoms with van der Waals surface area (Å²) < 4.78 is 15.0. The fourth-order valence-corrected chi connectivity index (χ4v) is 1.29. The van der Waals surface area contributed by atoms with Gasteiger partial charge in [-0.2, -0.15) is 0 Å². The lowest BCUT2D eigenvalue weighted by atomic mass is 10.1. The highest BCUT2D eigenvalue weighted by Gasteiger charge is 2.43.